The molecule has 1 heterocycles. The standard InChI is InChI=1S/C17H27N3O2/c1-14(19(2)16-8-4-3-5-9-16)11-18-17(22)20-10-6-7-15(12-20)13-21/h3-5,8-9,14-15,21H,6-7,10-13H2,1-2H3,(H,18,22)/t14-,15-/m1/s1. The van der Waals surface area contributed by atoms with Crippen LogP contribution < -0.4 is 10.2 Å². The van der Waals surface area contributed by atoms with Crippen molar-refractivity contribution in [2.45, 2.75) is 25.8 Å². The van der Waals surface area contributed by atoms with Crippen molar-refractivity contribution in [3.05, 3.63) is 30.3 Å². The third-order valence-electron chi connectivity index (χ3n) is 4.44. The van der Waals surface area contributed by atoms with Crippen molar-refractivity contribution >= 4 is 11.7 Å². The molecule has 2 rings (SSSR count). The maximum absolute atomic E-state index is 12.2. The molecule has 5 nitrogen and oxygen atoms in total. The fourth-order valence-corrected chi connectivity index (χ4v) is 2.80. The summed E-state index contributed by atoms with van der Waals surface area (Å²) in [5.74, 6) is 0.226. The van der Waals surface area contributed by atoms with E-state index in [4.69, 9.17) is 0 Å². The number of amides is 2. The van der Waals surface area contributed by atoms with Gasteiger partial charge in [-0.25, -0.2) is 4.79 Å². The number of aliphatic hydroxyl groups excluding tert-OH is 1. The largest absolute Gasteiger partial charge is 0.396 e. The van der Waals surface area contributed by atoms with Crippen molar-refractivity contribution in [2.75, 3.05) is 38.2 Å². The molecule has 0 spiro atoms. The highest BCUT2D eigenvalue weighted by Crippen LogP contribution is 2.16. The van der Waals surface area contributed by atoms with Crippen molar-refractivity contribution in [1.29, 1.82) is 0 Å². The van der Waals surface area contributed by atoms with Crippen LogP contribution in [-0.4, -0.2) is 55.4 Å². The van der Waals surface area contributed by atoms with E-state index in [1.165, 1.54) is 0 Å². The van der Waals surface area contributed by atoms with Crippen LogP contribution in [0.15, 0.2) is 30.3 Å². The van der Waals surface area contributed by atoms with E-state index < -0.39 is 0 Å². The molecule has 22 heavy (non-hydrogen) atoms. The minimum atomic E-state index is -0.0218. The minimum absolute atomic E-state index is 0.0218. The molecule has 5 heteroatoms. The Morgan fingerprint density at radius 3 is 2.86 bits per heavy atom. The Balaban J connectivity index is 1.80. The number of likely N-dealkylation sites (N-methyl/N-ethyl adjacent to an activating group) is 1. The first-order valence-electron chi connectivity index (χ1n) is 8.03. The predicted octanol–water partition coefficient (Wildman–Crippen LogP) is 1.93. The Kier molecular flexibility index (Phi) is 6.07. The molecule has 122 valence electrons. The SMILES string of the molecule is C[C@H](CNC(=O)N1CCC[C@@H](CO)C1)N(C)c1ccccc1. The number of hydrogen-bond donors (Lipinski definition) is 2. The second-order valence-corrected chi connectivity index (χ2v) is 6.12. The van der Waals surface area contributed by atoms with Gasteiger partial charge in [0, 0.05) is 45.0 Å². The van der Waals surface area contributed by atoms with Gasteiger partial charge in [-0.05, 0) is 37.8 Å². The molecule has 2 amide bonds. The first kappa shape index (κ1) is 16.6. The molecular formula is C17H27N3O2. The summed E-state index contributed by atoms with van der Waals surface area (Å²) in [6, 6.07) is 10.3. The Morgan fingerprint density at radius 2 is 2.18 bits per heavy atom. The number of anilines is 1. The summed E-state index contributed by atoms with van der Waals surface area (Å²) in [5.41, 5.74) is 1.14. The van der Waals surface area contributed by atoms with Crippen molar-refractivity contribution in [3.8, 4) is 0 Å². The Bertz CT molecular complexity index is 466. The molecule has 1 aromatic rings. The summed E-state index contributed by atoms with van der Waals surface area (Å²) >= 11 is 0. The zero-order valence-corrected chi connectivity index (χ0v) is 13.5. The zero-order valence-electron chi connectivity index (χ0n) is 13.5. The lowest BCUT2D eigenvalue weighted by Gasteiger charge is -2.33. The van der Waals surface area contributed by atoms with E-state index >= 15 is 0 Å². The minimum Gasteiger partial charge on any atom is -0.396 e. The number of nitrogens with zero attached hydrogens (tertiary/aromatic N) is 2. The molecule has 2 atom stereocenters. The number of urea groups is 1. The molecule has 0 bridgehead atoms. The molecule has 0 aromatic heterocycles. The number of piperidine rings is 1. The first-order valence-corrected chi connectivity index (χ1v) is 8.03. The van der Waals surface area contributed by atoms with E-state index in [-0.39, 0.29) is 24.6 Å². The van der Waals surface area contributed by atoms with Crippen LogP contribution in [0.1, 0.15) is 19.8 Å². The number of benzene rings is 1. The van der Waals surface area contributed by atoms with Crippen molar-refractivity contribution in [2.24, 2.45) is 5.92 Å². The van der Waals surface area contributed by atoms with Gasteiger partial charge in [-0.15, -0.1) is 0 Å². The Morgan fingerprint density at radius 1 is 1.45 bits per heavy atom. The van der Waals surface area contributed by atoms with Crippen LogP contribution in [0.3, 0.4) is 0 Å². The average Bonchev–Trinajstić information content (AvgIpc) is 2.59. The Labute approximate surface area is 132 Å². The van der Waals surface area contributed by atoms with Gasteiger partial charge < -0.3 is 20.2 Å². The molecule has 1 aliphatic heterocycles. The highest BCUT2D eigenvalue weighted by Gasteiger charge is 2.23. The number of carbonyl (C=O) groups excluding carboxylic acids is 1. The van der Waals surface area contributed by atoms with E-state index in [9.17, 15) is 9.90 Å². The molecule has 2 N–H and O–H groups in total. The van der Waals surface area contributed by atoms with Gasteiger partial charge in [0.05, 0.1) is 0 Å². The highest BCUT2D eigenvalue weighted by atomic mass is 16.3. The second kappa shape index (κ2) is 8.03. The van der Waals surface area contributed by atoms with Crippen LogP contribution in [0.4, 0.5) is 10.5 Å². The van der Waals surface area contributed by atoms with Gasteiger partial charge in [-0.2, -0.15) is 0 Å². The molecule has 1 aromatic carbocycles. The summed E-state index contributed by atoms with van der Waals surface area (Å²) < 4.78 is 0. The van der Waals surface area contributed by atoms with Gasteiger partial charge in [-0.1, -0.05) is 18.2 Å². The first-order chi connectivity index (χ1) is 10.6. The highest BCUT2D eigenvalue weighted by molar-refractivity contribution is 5.74. The number of nitrogens with one attached hydrogen (secondary N) is 1. The summed E-state index contributed by atoms with van der Waals surface area (Å²) in [6.45, 7) is 4.30. The van der Waals surface area contributed by atoms with Crippen LogP contribution in [0.25, 0.3) is 0 Å². The zero-order chi connectivity index (χ0) is 15.9. The van der Waals surface area contributed by atoms with E-state index in [0.717, 1.165) is 25.1 Å². The number of carbonyl (C=O) groups is 1. The normalized spacial score (nSPS) is 19.6. The van der Waals surface area contributed by atoms with Crippen LogP contribution >= 0.6 is 0 Å². The van der Waals surface area contributed by atoms with E-state index in [1.807, 2.05) is 30.1 Å². The average molecular weight is 305 g/mol. The smallest absolute Gasteiger partial charge is 0.317 e. The van der Waals surface area contributed by atoms with Crippen LogP contribution in [0.2, 0.25) is 0 Å². The molecule has 1 aliphatic rings. The molecule has 1 saturated heterocycles. The fraction of sp³-hybridized carbons (Fsp3) is 0.588. The van der Waals surface area contributed by atoms with Gasteiger partial charge in [0.25, 0.3) is 0 Å². The molecule has 0 aliphatic carbocycles. The molecule has 0 radical (unpaired) electrons. The number of aliphatic hydroxyl groups is 1. The lowest BCUT2D eigenvalue weighted by Crippen LogP contribution is -2.49. The number of likely N-dealkylation sites (tertiary alicyclic amines) is 1. The molecule has 0 saturated carbocycles. The topological polar surface area (TPSA) is 55.8 Å². The fourth-order valence-electron chi connectivity index (χ4n) is 2.80. The van der Waals surface area contributed by atoms with Crippen LogP contribution in [0, 0.1) is 5.92 Å². The number of hydrogen-bond acceptors (Lipinski definition) is 3. The van der Waals surface area contributed by atoms with Gasteiger partial charge in [0.15, 0.2) is 0 Å². The third-order valence-corrected chi connectivity index (χ3v) is 4.44. The summed E-state index contributed by atoms with van der Waals surface area (Å²) in [6.07, 6.45) is 1.98. The predicted molar refractivity (Wildman–Crippen MR) is 89.1 cm³/mol. The van der Waals surface area contributed by atoms with Crippen LogP contribution in [0.5, 0.6) is 0 Å². The number of para-hydroxylation sites is 1. The van der Waals surface area contributed by atoms with E-state index in [1.54, 1.807) is 0 Å². The molecular weight excluding hydrogens is 278 g/mol. The maximum Gasteiger partial charge on any atom is 0.317 e. The summed E-state index contributed by atoms with van der Waals surface area (Å²) in [7, 11) is 2.04. The second-order valence-electron chi connectivity index (χ2n) is 6.12. The van der Waals surface area contributed by atoms with Crippen molar-refractivity contribution in [3.63, 3.8) is 0 Å². The van der Waals surface area contributed by atoms with Gasteiger partial charge >= 0.3 is 6.03 Å². The lowest BCUT2D eigenvalue weighted by molar-refractivity contribution is 0.129. The quantitative estimate of drug-likeness (QED) is 0.874. The number of rotatable bonds is 5. The monoisotopic (exact) mass is 305 g/mol. The molecule has 1 fully saturated rings. The van der Waals surface area contributed by atoms with Crippen LogP contribution in [-0.2, 0) is 0 Å². The third kappa shape index (κ3) is 4.37. The van der Waals surface area contributed by atoms with E-state index in [0.29, 0.717) is 13.1 Å². The Hall–Kier alpha value is -1.75. The van der Waals surface area contributed by atoms with Gasteiger partial charge in [0.2, 0.25) is 0 Å². The molecule has 0 unspecified atom stereocenters. The van der Waals surface area contributed by atoms with Gasteiger partial charge in [0.1, 0.15) is 0 Å². The van der Waals surface area contributed by atoms with Crippen molar-refractivity contribution in [1.82, 2.24) is 10.2 Å². The van der Waals surface area contributed by atoms with Crippen molar-refractivity contribution < 1.29 is 9.90 Å². The lowest BCUT2D eigenvalue weighted by atomic mass is 9.99. The summed E-state index contributed by atoms with van der Waals surface area (Å²) in [5, 5.41) is 12.3. The maximum atomic E-state index is 12.2. The summed E-state index contributed by atoms with van der Waals surface area (Å²) in [4.78, 5) is 16.2. The van der Waals surface area contributed by atoms with Gasteiger partial charge in [-0.3, -0.25) is 0 Å². The van der Waals surface area contributed by atoms with E-state index in [2.05, 4.69) is 29.3 Å².